The third-order valence-electron chi connectivity index (χ3n) is 4.40. The van der Waals surface area contributed by atoms with Crippen LogP contribution in [0.4, 0.5) is 0 Å². The van der Waals surface area contributed by atoms with Crippen molar-refractivity contribution in [2.75, 3.05) is 6.54 Å². The van der Waals surface area contributed by atoms with Crippen LogP contribution in [-0.4, -0.2) is 6.54 Å². The van der Waals surface area contributed by atoms with Gasteiger partial charge in [-0.2, -0.15) is 0 Å². The number of benzene rings is 1. The minimum Gasteiger partial charge on any atom is -0.330 e. The van der Waals surface area contributed by atoms with Gasteiger partial charge in [-0.3, -0.25) is 0 Å². The maximum absolute atomic E-state index is 6.13. The van der Waals surface area contributed by atoms with Crippen molar-refractivity contribution in [3.63, 3.8) is 0 Å². The van der Waals surface area contributed by atoms with Crippen molar-refractivity contribution in [3.8, 4) is 0 Å². The molecule has 1 nitrogen and oxygen atoms in total. The molecule has 1 aromatic rings. The fourth-order valence-electron chi connectivity index (χ4n) is 3.09. The lowest BCUT2D eigenvalue weighted by molar-refractivity contribution is 0.300. The van der Waals surface area contributed by atoms with Gasteiger partial charge in [-0.25, -0.2) is 0 Å². The summed E-state index contributed by atoms with van der Waals surface area (Å²) in [5, 5.41) is 0. The van der Waals surface area contributed by atoms with Gasteiger partial charge in [0.05, 0.1) is 0 Å². The van der Waals surface area contributed by atoms with Crippen LogP contribution in [0.25, 0.3) is 0 Å². The second-order valence-corrected chi connectivity index (χ2v) is 6.89. The molecule has 0 atom stereocenters. The summed E-state index contributed by atoms with van der Waals surface area (Å²) in [6.45, 7) is 5.28. The van der Waals surface area contributed by atoms with Crippen LogP contribution in [0, 0.1) is 0 Å². The zero-order valence-corrected chi connectivity index (χ0v) is 13.1. The molecule has 0 bridgehead atoms. The van der Waals surface area contributed by atoms with E-state index in [1.807, 2.05) is 0 Å². The molecule has 1 saturated carbocycles. The van der Waals surface area contributed by atoms with Crippen LogP contribution in [0.5, 0.6) is 0 Å². The van der Waals surface area contributed by atoms with E-state index in [1.54, 1.807) is 0 Å². The van der Waals surface area contributed by atoms with Crippen molar-refractivity contribution in [1.29, 1.82) is 0 Å². The lowest BCUT2D eigenvalue weighted by atomic mass is 9.69. The molecule has 0 aliphatic heterocycles. The molecule has 2 rings (SSSR count). The number of hydrogen-bond donors (Lipinski definition) is 1. The molecule has 0 spiro atoms. The number of halogens is 1. The minimum absolute atomic E-state index is 0.228. The van der Waals surface area contributed by atoms with Gasteiger partial charge in [-0.05, 0) is 42.0 Å². The van der Waals surface area contributed by atoms with E-state index >= 15 is 0 Å². The summed E-state index contributed by atoms with van der Waals surface area (Å²) >= 11 is 3.66. The maximum atomic E-state index is 6.13. The van der Waals surface area contributed by atoms with Gasteiger partial charge in [-0.1, -0.05) is 55.1 Å². The number of rotatable bonds is 3. The highest BCUT2D eigenvalue weighted by molar-refractivity contribution is 9.10. The van der Waals surface area contributed by atoms with Crippen LogP contribution in [0.2, 0.25) is 0 Å². The minimum atomic E-state index is 0.228. The average Bonchev–Trinajstić information content (AvgIpc) is 2.38. The van der Waals surface area contributed by atoms with Gasteiger partial charge in [0.2, 0.25) is 0 Å². The van der Waals surface area contributed by atoms with E-state index < -0.39 is 0 Å². The van der Waals surface area contributed by atoms with E-state index in [4.69, 9.17) is 5.73 Å². The topological polar surface area (TPSA) is 26.0 Å². The van der Waals surface area contributed by atoms with Gasteiger partial charge in [0.15, 0.2) is 0 Å². The monoisotopic (exact) mass is 309 g/mol. The Morgan fingerprint density at radius 3 is 2.39 bits per heavy atom. The van der Waals surface area contributed by atoms with Crippen molar-refractivity contribution in [1.82, 2.24) is 0 Å². The molecule has 0 saturated heterocycles. The molecule has 0 radical (unpaired) electrons. The Bertz CT molecular complexity index is 406. The molecular formula is C16H24BrN. The third-order valence-corrected chi connectivity index (χ3v) is 4.86. The van der Waals surface area contributed by atoms with E-state index in [0.717, 1.165) is 6.54 Å². The summed E-state index contributed by atoms with van der Waals surface area (Å²) in [7, 11) is 0. The first kappa shape index (κ1) is 14.1. The van der Waals surface area contributed by atoms with Crippen LogP contribution >= 0.6 is 15.9 Å². The predicted molar refractivity (Wildman–Crippen MR) is 82.0 cm³/mol. The van der Waals surface area contributed by atoms with Crippen molar-refractivity contribution < 1.29 is 0 Å². The molecule has 0 heterocycles. The van der Waals surface area contributed by atoms with Crippen molar-refractivity contribution >= 4 is 15.9 Å². The highest BCUT2D eigenvalue weighted by Gasteiger charge is 2.32. The zero-order valence-electron chi connectivity index (χ0n) is 11.5. The maximum Gasteiger partial charge on any atom is 0.0181 e. The fraction of sp³-hybridized carbons (Fsp3) is 0.625. The Labute approximate surface area is 119 Å². The molecular weight excluding hydrogens is 286 g/mol. The predicted octanol–water partition coefficient (Wildman–Crippen LogP) is 4.73. The lowest BCUT2D eigenvalue weighted by Crippen LogP contribution is -2.37. The highest BCUT2D eigenvalue weighted by Crippen LogP contribution is 2.40. The number of nitrogens with two attached hydrogens (primary N) is 1. The van der Waals surface area contributed by atoms with Crippen molar-refractivity contribution in [3.05, 3.63) is 33.8 Å². The van der Waals surface area contributed by atoms with Crippen LogP contribution < -0.4 is 5.73 Å². The third kappa shape index (κ3) is 2.80. The van der Waals surface area contributed by atoms with Gasteiger partial charge in [0, 0.05) is 16.4 Å². The van der Waals surface area contributed by atoms with Gasteiger partial charge >= 0.3 is 0 Å². The number of hydrogen-bond acceptors (Lipinski definition) is 1. The van der Waals surface area contributed by atoms with Crippen LogP contribution in [0.1, 0.15) is 63.0 Å². The summed E-state index contributed by atoms with van der Waals surface area (Å²) < 4.78 is 1.20. The summed E-state index contributed by atoms with van der Waals surface area (Å²) in [5.74, 6) is 0.569. The first-order valence-corrected chi connectivity index (χ1v) is 7.88. The highest BCUT2D eigenvalue weighted by atomic mass is 79.9. The molecule has 1 aromatic carbocycles. The molecule has 0 amide bonds. The van der Waals surface area contributed by atoms with E-state index in [-0.39, 0.29) is 5.41 Å². The first-order valence-electron chi connectivity index (χ1n) is 7.08. The summed E-state index contributed by atoms with van der Waals surface area (Å²) in [6.07, 6.45) is 6.50. The Balaban J connectivity index is 2.41. The molecule has 1 fully saturated rings. The van der Waals surface area contributed by atoms with E-state index in [9.17, 15) is 0 Å². The Kier molecular flexibility index (Phi) is 4.50. The molecule has 0 aromatic heterocycles. The van der Waals surface area contributed by atoms with Crippen molar-refractivity contribution in [2.45, 2.75) is 57.3 Å². The smallest absolute Gasteiger partial charge is 0.0181 e. The summed E-state index contributed by atoms with van der Waals surface area (Å²) in [6, 6.07) is 6.90. The van der Waals surface area contributed by atoms with Gasteiger partial charge in [0.1, 0.15) is 0 Å². The second-order valence-electron chi connectivity index (χ2n) is 5.97. The average molecular weight is 310 g/mol. The van der Waals surface area contributed by atoms with Gasteiger partial charge in [-0.15, -0.1) is 0 Å². The molecule has 2 N–H and O–H groups in total. The van der Waals surface area contributed by atoms with Crippen LogP contribution in [0.3, 0.4) is 0 Å². The molecule has 1 aliphatic rings. The lowest BCUT2D eigenvalue weighted by Gasteiger charge is -2.37. The second kappa shape index (κ2) is 5.75. The van der Waals surface area contributed by atoms with E-state index in [0.29, 0.717) is 5.92 Å². The molecule has 100 valence electrons. The standard InChI is InChI=1S/C16H24BrN/c1-12(2)13-8-14(10-15(17)9-13)16(11-18)6-4-3-5-7-16/h8-10,12H,3-7,11,18H2,1-2H3. The largest absolute Gasteiger partial charge is 0.330 e. The van der Waals surface area contributed by atoms with Gasteiger partial charge in [0.25, 0.3) is 0 Å². The normalized spacial score (nSPS) is 19.2. The van der Waals surface area contributed by atoms with Crippen LogP contribution in [-0.2, 0) is 5.41 Å². The zero-order chi connectivity index (χ0) is 13.2. The van der Waals surface area contributed by atoms with E-state index in [1.165, 1.54) is 47.7 Å². The quantitative estimate of drug-likeness (QED) is 0.858. The molecule has 18 heavy (non-hydrogen) atoms. The van der Waals surface area contributed by atoms with Gasteiger partial charge < -0.3 is 5.73 Å². The Morgan fingerprint density at radius 1 is 1.17 bits per heavy atom. The van der Waals surface area contributed by atoms with Crippen LogP contribution in [0.15, 0.2) is 22.7 Å². The summed E-state index contributed by atoms with van der Waals surface area (Å²) in [4.78, 5) is 0. The summed E-state index contributed by atoms with van der Waals surface area (Å²) in [5.41, 5.74) is 9.22. The SMILES string of the molecule is CC(C)c1cc(Br)cc(C2(CN)CCCCC2)c1. The fourth-order valence-corrected chi connectivity index (χ4v) is 3.60. The molecule has 1 aliphatic carbocycles. The van der Waals surface area contributed by atoms with E-state index in [2.05, 4.69) is 48.0 Å². The van der Waals surface area contributed by atoms with Crippen molar-refractivity contribution in [2.24, 2.45) is 5.73 Å². The Morgan fingerprint density at radius 2 is 1.83 bits per heavy atom. The molecule has 0 unspecified atom stereocenters. The first-order chi connectivity index (χ1) is 8.57. The Hall–Kier alpha value is -0.340. The molecule has 2 heteroatoms.